The van der Waals surface area contributed by atoms with Crippen LogP contribution in [0.5, 0.6) is 0 Å². The Hall–Kier alpha value is -1.23. The molecule has 2 unspecified atom stereocenters. The van der Waals surface area contributed by atoms with Crippen LogP contribution in [0, 0.1) is 10.1 Å². The normalized spacial score (nSPS) is 22.4. The molecule has 0 spiro atoms. The van der Waals surface area contributed by atoms with Crippen molar-refractivity contribution in [2.75, 3.05) is 18.5 Å². The largest absolute Gasteiger partial charge is 0.377 e. The average molecular weight is 335 g/mol. The van der Waals surface area contributed by atoms with Gasteiger partial charge in [0.25, 0.3) is 10.0 Å². The van der Waals surface area contributed by atoms with Crippen LogP contribution in [0.1, 0.15) is 20.3 Å². The summed E-state index contributed by atoms with van der Waals surface area (Å²) in [6.45, 7) is 4.55. The van der Waals surface area contributed by atoms with E-state index in [9.17, 15) is 18.5 Å². The summed E-state index contributed by atoms with van der Waals surface area (Å²) in [7, 11) is -3.79. The summed E-state index contributed by atoms with van der Waals surface area (Å²) in [4.78, 5) is 10.4. The van der Waals surface area contributed by atoms with Crippen molar-refractivity contribution >= 4 is 32.0 Å². The predicted molar refractivity (Wildman–Crippen MR) is 79.3 cm³/mol. The molecule has 0 bridgehead atoms. The van der Waals surface area contributed by atoms with Crippen molar-refractivity contribution in [3.05, 3.63) is 16.2 Å². The molecule has 1 fully saturated rings. The minimum atomic E-state index is -3.79. The van der Waals surface area contributed by atoms with Gasteiger partial charge in [0.15, 0.2) is 5.00 Å². The van der Waals surface area contributed by atoms with Gasteiger partial charge in [-0.25, -0.2) is 13.1 Å². The highest BCUT2D eigenvalue weighted by atomic mass is 32.2. The first-order chi connectivity index (χ1) is 9.85. The minimum Gasteiger partial charge on any atom is -0.377 e. The van der Waals surface area contributed by atoms with Crippen molar-refractivity contribution in [3.63, 3.8) is 0 Å². The Kier molecular flexibility index (Phi) is 4.81. The second-order valence-electron chi connectivity index (χ2n) is 4.66. The lowest BCUT2D eigenvalue weighted by atomic mass is 10.2. The lowest BCUT2D eigenvalue weighted by Crippen LogP contribution is -2.38. The van der Waals surface area contributed by atoms with Gasteiger partial charge in [-0.3, -0.25) is 10.1 Å². The number of hydrogen-bond acceptors (Lipinski definition) is 7. The number of nitrogens with zero attached hydrogens (tertiary/aromatic N) is 1. The SMILES string of the molecule is CCNc1sc(S(=O)(=O)NC2CCOC2C)cc1[N+](=O)[O-]. The summed E-state index contributed by atoms with van der Waals surface area (Å²) < 4.78 is 32.4. The maximum absolute atomic E-state index is 12.3. The first-order valence-electron chi connectivity index (χ1n) is 6.51. The molecule has 1 aliphatic rings. The van der Waals surface area contributed by atoms with Gasteiger partial charge in [0.05, 0.1) is 17.1 Å². The van der Waals surface area contributed by atoms with E-state index in [1.165, 1.54) is 0 Å². The molecule has 0 aromatic carbocycles. The second-order valence-corrected chi connectivity index (χ2v) is 7.65. The van der Waals surface area contributed by atoms with Crippen LogP contribution in [0.15, 0.2) is 10.3 Å². The second kappa shape index (κ2) is 6.26. The van der Waals surface area contributed by atoms with Gasteiger partial charge in [0.2, 0.25) is 0 Å². The maximum Gasteiger partial charge on any atom is 0.304 e. The molecule has 0 aliphatic carbocycles. The highest BCUT2D eigenvalue weighted by Crippen LogP contribution is 2.37. The van der Waals surface area contributed by atoms with Gasteiger partial charge in [0.1, 0.15) is 4.21 Å². The summed E-state index contributed by atoms with van der Waals surface area (Å²) in [5, 5.41) is 14.0. The molecule has 1 aromatic rings. The van der Waals surface area contributed by atoms with Gasteiger partial charge in [-0.2, -0.15) is 0 Å². The van der Waals surface area contributed by atoms with E-state index in [0.29, 0.717) is 19.6 Å². The van der Waals surface area contributed by atoms with Crippen molar-refractivity contribution in [1.29, 1.82) is 0 Å². The number of sulfonamides is 1. The summed E-state index contributed by atoms with van der Waals surface area (Å²) in [6, 6.07) is 0.782. The zero-order valence-corrected chi connectivity index (χ0v) is 13.3. The zero-order valence-electron chi connectivity index (χ0n) is 11.7. The molecule has 1 aromatic heterocycles. The van der Waals surface area contributed by atoms with E-state index in [-0.39, 0.29) is 27.0 Å². The molecule has 0 radical (unpaired) electrons. The van der Waals surface area contributed by atoms with Gasteiger partial charge < -0.3 is 10.1 Å². The van der Waals surface area contributed by atoms with Crippen LogP contribution in [0.25, 0.3) is 0 Å². The van der Waals surface area contributed by atoms with Crippen LogP contribution >= 0.6 is 11.3 Å². The summed E-state index contributed by atoms with van der Waals surface area (Å²) >= 11 is 0.860. The van der Waals surface area contributed by atoms with Crippen LogP contribution in [-0.4, -0.2) is 38.6 Å². The standard InChI is InChI=1S/C11H17N3O5S2/c1-3-12-11-9(14(15)16)6-10(20-11)21(17,18)13-8-4-5-19-7(8)2/h6-8,12-13H,3-5H2,1-2H3. The van der Waals surface area contributed by atoms with Crippen LogP contribution in [0.3, 0.4) is 0 Å². The van der Waals surface area contributed by atoms with Crippen LogP contribution in [-0.2, 0) is 14.8 Å². The van der Waals surface area contributed by atoms with Gasteiger partial charge >= 0.3 is 5.69 Å². The molecule has 2 atom stereocenters. The van der Waals surface area contributed by atoms with Gasteiger partial charge in [-0.15, -0.1) is 0 Å². The molecule has 0 saturated carbocycles. The van der Waals surface area contributed by atoms with Crippen molar-refractivity contribution < 1.29 is 18.1 Å². The predicted octanol–water partition coefficient (Wildman–Crippen LogP) is 1.54. The van der Waals surface area contributed by atoms with E-state index >= 15 is 0 Å². The number of anilines is 1. The fourth-order valence-corrected chi connectivity index (χ4v) is 4.81. The van der Waals surface area contributed by atoms with E-state index < -0.39 is 14.9 Å². The summed E-state index contributed by atoms with van der Waals surface area (Å²) in [5.74, 6) is 0. The molecular formula is C11H17N3O5S2. The number of ether oxygens (including phenoxy) is 1. The first kappa shape index (κ1) is 16.1. The third-order valence-corrected chi connectivity index (χ3v) is 6.22. The smallest absolute Gasteiger partial charge is 0.304 e. The molecular weight excluding hydrogens is 318 g/mol. The maximum atomic E-state index is 12.3. The van der Waals surface area contributed by atoms with Crippen molar-refractivity contribution in [2.45, 2.75) is 36.6 Å². The molecule has 2 heterocycles. The zero-order chi connectivity index (χ0) is 15.6. The molecule has 2 N–H and O–H groups in total. The molecule has 2 rings (SSSR count). The topological polar surface area (TPSA) is 111 Å². The van der Waals surface area contributed by atoms with E-state index in [1.54, 1.807) is 13.8 Å². The number of hydrogen-bond donors (Lipinski definition) is 2. The van der Waals surface area contributed by atoms with Gasteiger partial charge in [0, 0.05) is 19.2 Å². The number of nitro groups is 1. The van der Waals surface area contributed by atoms with Crippen molar-refractivity contribution in [3.8, 4) is 0 Å². The van der Waals surface area contributed by atoms with Crippen LogP contribution in [0.4, 0.5) is 10.7 Å². The van der Waals surface area contributed by atoms with Gasteiger partial charge in [-0.05, 0) is 20.3 Å². The van der Waals surface area contributed by atoms with Crippen LogP contribution in [0.2, 0.25) is 0 Å². The molecule has 1 aliphatic heterocycles. The lowest BCUT2D eigenvalue weighted by Gasteiger charge is -2.15. The third kappa shape index (κ3) is 3.51. The number of thiophene rings is 1. The average Bonchev–Trinajstić information content (AvgIpc) is 2.97. The highest BCUT2D eigenvalue weighted by Gasteiger charge is 2.32. The van der Waals surface area contributed by atoms with E-state index in [2.05, 4.69) is 10.0 Å². The first-order valence-corrected chi connectivity index (χ1v) is 8.81. The lowest BCUT2D eigenvalue weighted by molar-refractivity contribution is -0.383. The molecule has 1 saturated heterocycles. The molecule has 0 amide bonds. The molecule has 21 heavy (non-hydrogen) atoms. The number of nitrogens with one attached hydrogen (secondary N) is 2. The van der Waals surface area contributed by atoms with E-state index in [4.69, 9.17) is 4.74 Å². The highest BCUT2D eigenvalue weighted by molar-refractivity contribution is 7.91. The van der Waals surface area contributed by atoms with Gasteiger partial charge in [-0.1, -0.05) is 11.3 Å². The molecule has 8 nitrogen and oxygen atoms in total. The summed E-state index contributed by atoms with van der Waals surface area (Å²) in [6.07, 6.45) is 0.386. The minimum absolute atomic E-state index is 0.0655. The Morgan fingerprint density at radius 1 is 1.57 bits per heavy atom. The monoisotopic (exact) mass is 335 g/mol. The Labute approximate surface area is 126 Å². The molecule has 118 valence electrons. The Balaban J connectivity index is 2.27. The molecule has 10 heteroatoms. The van der Waals surface area contributed by atoms with Crippen molar-refractivity contribution in [1.82, 2.24) is 4.72 Å². The third-order valence-electron chi connectivity index (χ3n) is 3.17. The number of rotatable bonds is 6. The fourth-order valence-electron chi connectivity index (χ4n) is 2.06. The summed E-state index contributed by atoms with van der Waals surface area (Å²) in [5.41, 5.74) is -0.224. The van der Waals surface area contributed by atoms with E-state index in [0.717, 1.165) is 17.4 Å². The van der Waals surface area contributed by atoms with E-state index in [1.807, 2.05) is 0 Å². The Morgan fingerprint density at radius 2 is 2.29 bits per heavy atom. The fraction of sp³-hybridized carbons (Fsp3) is 0.636. The van der Waals surface area contributed by atoms with Crippen molar-refractivity contribution in [2.24, 2.45) is 0 Å². The van der Waals surface area contributed by atoms with Crippen LogP contribution < -0.4 is 10.0 Å². The Bertz CT molecular complexity index is 628. The Morgan fingerprint density at radius 3 is 2.81 bits per heavy atom. The quantitative estimate of drug-likeness (QED) is 0.603.